The van der Waals surface area contributed by atoms with Crippen LogP contribution in [0.3, 0.4) is 0 Å². The summed E-state index contributed by atoms with van der Waals surface area (Å²) in [6.45, 7) is 1.32. The average Bonchev–Trinajstić information content (AvgIpc) is 2.87. The number of anilines is 1. The molecule has 0 aromatic heterocycles. The molecular formula is C20H20IN3O4. The van der Waals surface area contributed by atoms with E-state index in [0.717, 1.165) is 14.0 Å². The number of nitrogens with one attached hydrogen (secondary N) is 2. The number of hydrogen-bond donors (Lipinski definition) is 3. The molecule has 4 amide bonds. The second-order valence-electron chi connectivity index (χ2n) is 6.88. The van der Waals surface area contributed by atoms with E-state index >= 15 is 0 Å². The summed E-state index contributed by atoms with van der Waals surface area (Å²) in [6, 6.07) is 13.3. The van der Waals surface area contributed by atoms with Gasteiger partial charge in [-0.3, -0.25) is 14.5 Å². The van der Waals surface area contributed by atoms with E-state index in [0.29, 0.717) is 18.5 Å². The highest BCUT2D eigenvalue weighted by atomic mass is 127. The Labute approximate surface area is 176 Å². The molecule has 0 unspecified atom stereocenters. The fourth-order valence-corrected chi connectivity index (χ4v) is 3.35. The molecular weight excluding hydrogens is 473 g/mol. The maximum absolute atomic E-state index is 12.8. The number of nitrogens with zero attached hydrogens (tertiary/aromatic N) is 1. The van der Waals surface area contributed by atoms with Crippen LogP contribution in [0.15, 0.2) is 48.5 Å². The van der Waals surface area contributed by atoms with E-state index in [1.54, 1.807) is 43.3 Å². The summed E-state index contributed by atoms with van der Waals surface area (Å²) in [7, 11) is 0. The topological polar surface area (TPSA) is 98.7 Å². The maximum Gasteiger partial charge on any atom is 0.325 e. The van der Waals surface area contributed by atoms with E-state index in [-0.39, 0.29) is 12.3 Å². The van der Waals surface area contributed by atoms with Gasteiger partial charge < -0.3 is 15.7 Å². The van der Waals surface area contributed by atoms with Crippen molar-refractivity contribution in [1.82, 2.24) is 10.2 Å². The summed E-state index contributed by atoms with van der Waals surface area (Å²) < 4.78 is 1.04. The van der Waals surface area contributed by atoms with Gasteiger partial charge in [-0.15, -0.1) is 0 Å². The molecule has 28 heavy (non-hydrogen) atoms. The molecule has 146 valence electrons. The molecule has 1 saturated heterocycles. The smallest absolute Gasteiger partial charge is 0.325 e. The lowest BCUT2D eigenvalue weighted by Gasteiger charge is -2.21. The van der Waals surface area contributed by atoms with Gasteiger partial charge in [0.15, 0.2) is 0 Å². The summed E-state index contributed by atoms with van der Waals surface area (Å²) in [6.07, 6.45) is 0.934. The Morgan fingerprint density at radius 2 is 1.79 bits per heavy atom. The van der Waals surface area contributed by atoms with Crippen LogP contribution in [0.1, 0.15) is 18.9 Å². The van der Waals surface area contributed by atoms with Gasteiger partial charge in [0.25, 0.3) is 5.91 Å². The first kappa shape index (κ1) is 20.1. The summed E-state index contributed by atoms with van der Waals surface area (Å²) in [4.78, 5) is 38.2. The summed E-state index contributed by atoms with van der Waals surface area (Å²) in [5.74, 6) is -0.688. The van der Waals surface area contributed by atoms with E-state index in [1.165, 1.54) is 0 Å². The molecule has 1 heterocycles. The van der Waals surface area contributed by atoms with Crippen LogP contribution in [-0.2, 0) is 16.0 Å². The molecule has 3 N–H and O–H groups in total. The molecule has 1 fully saturated rings. The molecule has 1 atom stereocenters. The second-order valence-corrected chi connectivity index (χ2v) is 8.12. The number of halogens is 1. The van der Waals surface area contributed by atoms with E-state index in [4.69, 9.17) is 0 Å². The number of amides is 4. The minimum absolute atomic E-state index is 0.172. The number of carbonyl (C=O) groups is 3. The Morgan fingerprint density at radius 3 is 2.43 bits per heavy atom. The molecule has 2 aromatic carbocycles. The first-order valence-corrected chi connectivity index (χ1v) is 9.82. The molecule has 2 aromatic rings. The standard InChI is InChI=1S/C20H20IN3O4/c1-20(11-10-13-2-8-16(25)9-3-13)18(27)24(19(28)23-20)12-17(26)22-15-6-4-14(21)5-7-15/h2-9,25H,10-12H2,1H3,(H,22,26)(H,23,28)/t20-/m0/s1. The van der Waals surface area contributed by atoms with Crippen molar-refractivity contribution in [2.45, 2.75) is 25.3 Å². The van der Waals surface area contributed by atoms with Crippen LogP contribution < -0.4 is 10.6 Å². The fourth-order valence-electron chi connectivity index (χ4n) is 2.99. The Morgan fingerprint density at radius 1 is 1.14 bits per heavy atom. The number of aromatic hydroxyl groups is 1. The fraction of sp³-hybridized carbons (Fsp3) is 0.250. The number of rotatable bonds is 6. The van der Waals surface area contributed by atoms with E-state index in [1.807, 2.05) is 12.1 Å². The van der Waals surface area contributed by atoms with Crippen molar-refractivity contribution in [3.8, 4) is 5.75 Å². The zero-order chi connectivity index (χ0) is 20.3. The summed E-state index contributed by atoms with van der Waals surface area (Å²) in [5, 5.41) is 14.7. The lowest BCUT2D eigenvalue weighted by atomic mass is 9.93. The van der Waals surface area contributed by atoms with Crippen molar-refractivity contribution >= 4 is 46.1 Å². The number of imide groups is 1. The summed E-state index contributed by atoms with van der Waals surface area (Å²) in [5.41, 5.74) is 0.474. The van der Waals surface area contributed by atoms with Gasteiger partial charge in [0.1, 0.15) is 17.8 Å². The number of phenols is 1. The first-order valence-electron chi connectivity index (χ1n) is 8.74. The molecule has 0 aliphatic carbocycles. The molecule has 0 bridgehead atoms. The minimum atomic E-state index is -1.07. The lowest BCUT2D eigenvalue weighted by Crippen LogP contribution is -2.45. The predicted molar refractivity (Wildman–Crippen MR) is 113 cm³/mol. The predicted octanol–water partition coefficient (Wildman–Crippen LogP) is 2.88. The van der Waals surface area contributed by atoms with Gasteiger partial charge in [-0.25, -0.2) is 4.79 Å². The highest BCUT2D eigenvalue weighted by molar-refractivity contribution is 14.1. The Kier molecular flexibility index (Phi) is 5.87. The molecule has 0 radical (unpaired) electrons. The van der Waals surface area contributed by atoms with Crippen molar-refractivity contribution in [3.05, 3.63) is 57.7 Å². The number of hydrogen-bond acceptors (Lipinski definition) is 4. The van der Waals surface area contributed by atoms with Crippen molar-refractivity contribution in [2.75, 3.05) is 11.9 Å². The third-order valence-corrected chi connectivity index (χ3v) is 5.34. The van der Waals surface area contributed by atoms with Crippen molar-refractivity contribution in [1.29, 1.82) is 0 Å². The third kappa shape index (κ3) is 4.61. The average molecular weight is 493 g/mol. The van der Waals surface area contributed by atoms with E-state index in [2.05, 4.69) is 33.2 Å². The minimum Gasteiger partial charge on any atom is -0.508 e. The van der Waals surface area contributed by atoms with Gasteiger partial charge >= 0.3 is 6.03 Å². The third-order valence-electron chi connectivity index (χ3n) is 4.62. The quantitative estimate of drug-likeness (QED) is 0.426. The number of aryl methyl sites for hydroxylation is 1. The van der Waals surface area contributed by atoms with Gasteiger partial charge in [0, 0.05) is 9.26 Å². The van der Waals surface area contributed by atoms with Crippen molar-refractivity contribution in [3.63, 3.8) is 0 Å². The van der Waals surface area contributed by atoms with Crippen LogP contribution in [0.25, 0.3) is 0 Å². The van der Waals surface area contributed by atoms with Crippen molar-refractivity contribution in [2.24, 2.45) is 0 Å². The van der Waals surface area contributed by atoms with Crippen LogP contribution in [-0.4, -0.2) is 39.9 Å². The molecule has 0 saturated carbocycles. The zero-order valence-corrected chi connectivity index (χ0v) is 17.4. The van der Waals surface area contributed by atoms with Crippen molar-refractivity contribution < 1.29 is 19.5 Å². The van der Waals surface area contributed by atoms with Crippen LogP contribution in [0, 0.1) is 3.57 Å². The number of benzene rings is 2. The summed E-state index contributed by atoms with van der Waals surface area (Å²) >= 11 is 2.16. The number of urea groups is 1. The Hall–Kier alpha value is -2.62. The second kappa shape index (κ2) is 8.17. The molecule has 1 aliphatic heterocycles. The van der Waals surface area contributed by atoms with Gasteiger partial charge in [0.05, 0.1) is 0 Å². The lowest BCUT2D eigenvalue weighted by molar-refractivity contribution is -0.133. The molecule has 3 rings (SSSR count). The maximum atomic E-state index is 12.8. The molecule has 8 heteroatoms. The highest BCUT2D eigenvalue weighted by Crippen LogP contribution is 2.24. The number of carbonyl (C=O) groups excluding carboxylic acids is 3. The van der Waals surface area contributed by atoms with Crippen LogP contribution in [0.2, 0.25) is 0 Å². The monoisotopic (exact) mass is 493 g/mol. The first-order chi connectivity index (χ1) is 13.3. The SMILES string of the molecule is C[C@@]1(CCc2ccc(O)cc2)NC(=O)N(CC(=O)Nc2ccc(I)cc2)C1=O. The van der Waals surface area contributed by atoms with Crippen LogP contribution >= 0.6 is 22.6 Å². The largest absolute Gasteiger partial charge is 0.508 e. The van der Waals surface area contributed by atoms with Gasteiger partial charge in [-0.2, -0.15) is 0 Å². The Balaban J connectivity index is 1.60. The van der Waals surface area contributed by atoms with Crippen LogP contribution in [0.4, 0.5) is 10.5 Å². The van der Waals surface area contributed by atoms with Gasteiger partial charge in [-0.1, -0.05) is 12.1 Å². The Bertz CT molecular complexity index is 899. The molecule has 7 nitrogen and oxygen atoms in total. The van der Waals surface area contributed by atoms with Gasteiger partial charge in [0.2, 0.25) is 5.91 Å². The number of phenolic OH excluding ortho intramolecular Hbond substituents is 1. The normalized spacial score (nSPS) is 18.9. The zero-order valence-electron chi connectivity index (χ0n) is 15.2. The molecule has 1 aliphatic rings. The van der Waals surface area contributed by atoms with E-state index < -0.39 is 23.4 Å². The van der Waals surface area contributed by atoms with E-state index in [9.17, 15) is 19.5 Å². The van der Waals surface area contributed by atoms with Gasteiger partial charge in [-0.05, 0) is 84.3 Å². The highest BCUT2D eigenvalue weighted by Gasteiger charge is 2.47. The van der Waals surface area contributed by atoms with Crippen LogP contribution in [0.5, 0.6) is 5.75 Å². The molecule has 0 spiro atoms.